The molecule has 1 spiro atoms. The van der Waals surface area contributed by atoms with Crippen LogP contribution in [-0.2, 0) is 22.6 Å². The lowest BCUT2D eigenvalue weighted by atomic mass is 9.43. The lowest BCUT2D eigenvalue weighted by molar-refractivity contribution is -0.245. The van der Waals surface area contributed by atoms with Crippen molar-refractivity contribution in [3.8, 4) is 11.5 Å². The molecule has 1 heterocycles. The zero-order valence-electron chi connectivity index (χ0n) is 19.5. The number of esters is 1. The SMILES string of the molecule is CC(=O)O[C@@H]1C[C@]2(C)[C@H](CC[C@H](C)[C@]23Cc2c(O)cc(CO)c(C=O)c2O3)C(C)(C)[C@H]1O. The molecule has 3 N–H and O–H groups in total. The van der Waals surface area contributed by atoms with E-state index in [4.69, 9.17) is 9.47 Å². The third kappa shape index (κ3) is 2.93. The number of rotatable bonds is 3. The first-order valence-corrected chi connectivity index (χ1v) is 11.4. The lowest BCUT2D eigenvalue weighted by Crippen LogP contribution is -2.69. The van der Waals surface area contributed by atoms with E-state index in [1.807, 2.05) is 13.8 Å². The van der Waals surface area contributed by atoms with Gasteiger partial charge in [-0.2, -0.15) is 0 Å². The standard InChI is InChI=1S/C25H34O7/c1-13-6-7-20-23(3,4)22(30)19(31-14(2)28)10-24(20,5)25(13)9-16-18(29)8-15(11-26)17(12-27)21(16)32-25/h8,12-13,19-20,22,26,29-30H,6-7,9-11H2,1-5H3/t13-,19+,20+,22-,24+,25+/m0/s1. The summed E-state index contributed by atoms with van der Waals surface area (Å²) in [4.78, 5) is 23.8. The third-order valence-electron chi connectivity index (χ3n) is 8.87. The number of ether oxygens (including phenoxy) is 2. The van der Waals surface area contributed by atoms with Crippen LogP contribution in [0.1, 0.15) is 75.4 Å². The summed E-state index contributed by atoms with van der Waals surface area (Å²) in [5, 5.41) is 31.6. The highest BCUT2D eigenvalue weighted by Crippen LogP contribution is 2.67. The number of fused-ring (bicyclic) bond motifs is 3. The van der Waals surface area contributed by atoms with E-state index in [1.165, 1.54) is 13.0 Å². The second-order valence-electron chi connectivity index (χ2n) is 10.8. The quantitative estimate of drug-likeness (QED) is 0.483. The Morgan fingerprint density at radius 3 is 2.59 bits per heavy atom. The molecular formula is C25H34O7. The number of carbonyl (C=O) groups excluding carboxylic acids is 2. The van der Waals surface area contributed by atoms with E-state index in [0.29, 0.717) is 36.0 Å². The van der Waals surface area contributed by atoms with Gasteiger partial charge in [-0.25, -0.2) is 0 Å². The maximum Gasteiger partial charge on any atom is 0.302 e. The lowest BCUT2D eigenvalue weighted by Gasteiger charge is -2.65. The fourth-order valence-electron chi connectivity index (χ4n) is 7.24. The van der Waals surface area contributed by atoms with Crippen LogP contribution >= 0.6 is 0 Å². The fraction of sp³-hybridized carbons (Fsp3) is 0.680. The number of aliphatic hydroxyl groups is 2. The number of phenols is 1. The Labute approximate surface area is 188 Å². The van der Waals surface area contributed by atoms with Gasteiger partial charge in [0.2, 0.25) is 0 Å². The number of hydrogen-bond acceptors (Lipinski definition) is 7. The van der Waals surface area contributed by atoms with Crippen molar-refractivity contribution >= 4 is 12.3 Å². The Morgan fingerprint density at radius 2 is 2.00 bits per heavy atom. The molecule has 0 amide bonds. The van der Waals surface area contributed by atoms with Gasteiger partial charge in [-0.1, -0.05) is 27.7 Å². The predicted molar refractivity (Wildman–Crippen MR) is 116 cm³/mol. The molecule has 4 rings (SSSR count). The van der Waals surface area contributed by atoms with E-state index in [9.17, 15) is 24.9 Å². The minimum atomic E-state index is -0.807. The van der Waals surface area contributed by atoms with Crippen LogP contribution in [0.5, 0.6) is 11.5 Å². The van der Waals surface area contributed by atoms with E-state index in [2.05, 4.69) is 13.8 Å². The second-order valence-corrected chi connectivity index (χ2v) is 10.8. The van der Waals surface area contributed by atoms with Gasteiger partial charge in [0.05, 0.1) is 18.3 Å². The molecule has 1 aliphatic heterocycles. The Morgan fingerprint density at radius 1 is 1.31 bits per heavy atom. The Kier molecular flexibility index (Phi) is 5.37. The van der Waals surface area contributed by atoms with Gasteiger partial charge in [0.1, 0.15) is 23.2 Å². The minimum absolute atomic E-state index is 0.0103. The van der Waals surface area contributed by atoms with E-state index >= 15 is 0 Å². The van der Waals surface area contributed by atoms with Crippen molar-refractivity contribution in [1.82, 2.24) is 0 Å². The van der Waals surface area contributed by atoms with Crippen LogP contribution in [0.2, 0.25) is 0 Å². The monoisotopic (exact) mass is 446 g/mol. The summed E-state index contributed by atoms with van der Waals surface area (Å²) in [5.41, 5.74) is -0.622. The van der Waals surface area contributed by atoms with Crippen molar-refractivity contribution in [3.05, 3.63) is 22.8 Å². The molecular weight excluding hydrogens is 412 g/mol. The van der Waals surface area contributed by atoms with Crippen LogP contribution in [0, 0.1) is 22.7 Å². The smallest absolute Gasteiger partial charge is 0.302 e. The number of hydrogen-bond donors (Lipinski definition) is 3. The van der Waals surface area contributed by atoms with Gasteiger partial charge in [-0.3, -0.25) is 9.59 Å². The molecule has 2 aliphatic carbocycles. The highest BCUT2D eigenvalue weighted by Gasteiger charge is 2.69. The molecule has 0 unspecified atom stereocenters. The molecule has 2 saturated carbocycles. The maximum atomic E-state index is 11.9. The number of aromatic hydroxyl groups is 1. The van der Waals surface area contributed by atoms with E-state index < -0.39 is 34.6 Å². The van der Waals surface area contributed by atoms with Crippen LogP contribution in [0.4, 0.5) is 0 Å². The molecule has 0 aromatic heterocycles. The first-order chi connectivity index (χ1) is 14.9. The number of aldehydes is 1. The molecule has 1 aromatic carbocycles. The van der Waals surface area contributed by atoms with Crippen LogP contribution in [0.3, 0.4) is 0 Å². The molecule has 0 saturated heterocycles. The molecule has 0 radical (unpaired) electrons. The molecule has 0 bridgehead atoms. The summed E-state index contributed by atoms with van der Waals surface area (Å²) in [7, 11) is 0. The van der Waals surface area contributed by atoms with Gasteiger partial charge in [0, 0.05) is 24.3 Å². The van der Waals surface area contributed by atoms with Crippen molar-refractivity contribution in [1.29, 1.82) is 0 Å². The Bertz CT molecular complexity index is 954. The van der Waals surface area contributed by atoms with Crippen molar-refractivity contribution in [3.63, 3.8) is 0 Å². The normalized spacial score (nSPS) is 37.3. The summed E-state index contributed by atoms with van der Waals surface area (Å²) < 4.78 is 12.3. The number of aliphatic hydroxyl groups excluding tert-OH is 2. The Balaban J connectivity index is 1.87. The number of benzene rings is 1. The van der Waals surface area contributed by atoms with Gasteiger partial charge in [0.15, 0.2) is 6.29 Å². The van der Waals surface area contributed by atoms with Crippen LogP contribution in [0.15, 0.2) is 6.07 Å². The topological polar surface area (TPSA) is 113 Å². The average molecular weight is 447 g/mol. The molecule has 3 aliphatic rings. The zero-order chi connectivity index (χ0) is 23.6. The van der Waals surface area contributed by atoms with Crippen molar-refractivity contribution in [2.75, 3.05) is 0 Å². The van der Waals surface area contributed by atoms with Crippen molar-refractivity contribution in [2.24, 2.45) is 22.7 Å². The van der Waals surface area contributed by atoms with E-state index in [0.717, 1.165) is 12.8 Å². The second kappa shape index (κ2) is 7.45. The molecule has 6 atom stereocenters. The molecule has 176 valence electrons. The third-order valence-corrected chi connectivity index (χ3v) is 8.87. The summed E-state index contributed by atoms with van der Waals surface area (Å²) in [6.07, 6.45) is 1.78. The van der Waals surface area contributed by atoms with E-state index in [-0.39, 0.29) is 29.8 Å². The van der Waals surface area contributed by atoms with Gasteiger partial charge >= 0.3 is 5.97 Å². The first-order valence-electron chi connectivity index (χ1n) is 11.4. The Hall–Kier alpha value is -2.12. The van der Waals surface area contributed by atoms with Gasteiger partial charge in [-0.15, -0.1) is 0 Å². The molecule has 7 heteroatoms. The molecule has 32 heavy (non-hydrogen) atoms. The van der Waals surface area contributed by atoms with Crippen LogP contribution in [0.25, 0.3) is 0 Å². The fourth-order valence-corrected chi connectivity index (χ4v) is 7.24. The highest BCUT2D eigenvalue weighted by molar-refractivity contribution is 5.84. The molecule has 1 aromatic rings. The van der Waals surface area contributed by atoms with E-state index in [1.54, 1.807) is 0 Å². The van der Waals surface area contributed by atoms with Crippen molar-refractivity contribution < 1.29 is 34.4 Å². The van der Waals surface area contributed by atoms with Gasteiger partial charge in [0.25, 0.3) is 0 Å². The van der Waals surface area contributed by atoms with Crippen molar-refractivity contribution in [2.45, 2.75) is 84.7 Å². The van der Waals surface area contributed by atoms with Gasteiger partial charge < -0.3 is 24.8 Å². The summed E-state index contributed by atoms with van der Waals surface area (Å²) in [5.74, 6) is 0.0776. The van der Waals surface area contributed by atoms with Crippen LogP contribution < -0.4 is 4.74 Å². The first kappa shape index (κ1) is 23.1. The summed E-state index contributed by atoms with van der Waals surface area (Å²) in [6, 6.07) is 1.44. The average Bonchev–Trinajstić information content (AvgIpc) is 3.13. The summed E-state index contributed by atoms with van der Waals surface area (Å²) in [6.45, 7) is 9.25. The number of phenolic OH excluding ortho intramolecular Hbond substituents is 1. The van der Waals surface area contributed by atoms with Crippen LogP contribution in [-0.4, -0.2) is 45.4 Å². The molecule has 2 fully saturated rings. The number of carbonyl (C=O) groups is 2. The minimum Gasteiger partial charge on any atom is -0.508 e. The van der Waals surface area contributed by atoms with Gasteiger partial charge in [-0.05, 0) is 48.1 Å². The highest BCUT2D eigenvalue weighted by atomic mass is 16.6. The zero-order valence-corrected chi connectivity index (χ0v) is 19.5. The maximum absolute atomic E-state index is 11.9. The predicted octanol–water partition coefficient (Wildman–Crippen LogP) is 3.15. The summed E-state index contributed by atoms with van der Waals surface area (Å²) >= 11 is 0. The largest absolute Gasteiger partial charge is 0.508 e. The molecule has 7 nitrogen and oxygen atoms in total.